The van der Waals surface area contributed by atoms with Gasteiger partial charge >= 0.3 is 0 Å². The van der Waals surface area contributed by atoms with E-state index in [1.54, 1.807) is 6.07 Å². The highest BCUT2D eigenvalue weighted by Crippen LogP contribution is 2.22. The first-order chi connectivity index (χ1) is 9.54. The second kappa shape index (κ2) is 4.76. The average molecular weight is 289 g/mol. The maximum atomic E-state index is 13.1. The van der Waals surface area contributed by atoms with Gasteiger partial charge in [0.15, 0.2) is 17.1 Å². The zero-order valence-electron chi connectivity index (χ0n) is 10.8. The predicted octanol–water partition coefficient (Wildman–Crippen LogP) is 4.17. The molecular formula is C15H12FNO2S. The van der Waals surface area contributed by atoms with Crippen LogP contribution in [0.4, 0.5) is 4.39 Å². The van der Waals surface area contributed by atoms with Crippen LogP contribution in [-0.4, -0.2) is 9.67 Å². The molecule has 1 N–H and O–H groups in total. The predicted molar refractivity (Wildman–Crippen MR) is 76.9 cm³/mol. The number of aromatic nitrogens is 1. The molecule has 2 aromatic carbocycles. The molecule has 102 valence electrons. The second-order valence-electron chi connectivity index (χ2n) is 4.71. The molecule has 3 nitrogen and oxygen atoms in total. The van der Waals surface area contributed by atoms with Crippen molar-refractivity contribution in [3.63, 3.8) is 0 Å². The van der Waals surface area contributed by atoms with Gasteiger partial charge in [-0.15, -0.1) is 0 Å². The molecule has 1 aromatic heterocycles. The standard InChI is InChI=1S/C15H12FNO2S/c1-9-2-5-14-12(6-9)17(15(20)19-14)8-10-3-4-11(16)13(18)7-10/h2-7,18H,8H2,1H3. The molecule has 0 radical (unpaired) electrons. The number of phenols is 1. The van der Waals surface area contributed by atoms with Gasteiger partial charge in [-0.25, -0.2) is 4.39 Å². The molecule has 0 saturated heterocycles. The van der Waals surface area contributed by atoms with Gasteiger partial charge < -0.3 is 9.52 Å². The summed E-state index contributed by atoms with van der Waals surface area (Å²) < 4.78 is 20.4. The molecule has 0 fully saturated rings. The summed E-state index contributed by atoms with van der Waals surface area (Å²) in [5, 5.41) is 9.42. The molecule has 0 amide bonds. The lowest BCUT2D eigenvalue weighted by atomic mass is 10.2. The fraction of sp³-hybridized carbons (Fsp3) is 0.133. The molecule has 1 heterocycles. The van der Waals surface area contributed by atoms with Crippen molar-refractivity contribution in [2.75, 3.05) is 0 Å². The fourth-order valence-corrected chi connectivity index (χ4v) is 2.41. The molecule has 5 heteroatoms. The van der Waals surface area contributed by atoms with Crippen molar-refractivity contribution < 1.29 is 13.9 Å². The van der Waals surface area contributed by atoms with Crippen LogP contribution in [0.25, 0.3) is 11.1 Å². The highest BCUT2D eigenvalue weighted by molar-refractivity contribution is 7.71. The van der Waals surface area contributed by atoms with Gasteiger partial charge in [0.05, 0.1) is 12.1 Å². The van der Waals surface area contributed by atoms with E-state index in [1.165, 1.54) is 12.1 Å². The van der Waals surface area contributed by atoms with Crippen LogP contribution in [0, 0.1) is 17.6 Å². The zero-order chi connectivity index (χ0) is 14.3. The molecule has 0 aliphatic rings. The van der Waals surface area contributed by atoms with Crippen LogP contribution < -0.4 is 0 Å². The van der Waals surface area contributed by atoms with Gasteiger partial charge in [-0.3, -0.25) is 4.57 Å². The van der Waals surface area contributed by atoms with E-state index < -0.39 is 5.82 Å². The first kappa shape index (κ1) is 12.9. The van der Waals surface area contributed by atoms with Crippen molar-refractivity contribution in [2.45, 2.75) is 13.5 Å². The van der Waals surface area contributed by atoms with Gasteiger partial charge in [0.2, 0.25) is 0 Å². The van der Waals surface area contributed by atoms with Gasteiger partial charge in [-0.05, 0) is 54.5 Å². The van der Waals surface area contributed by atoms with Gasteiger partial charge in [0, 0.05) is 0 Å². The Morgan fingerprint density at radius 2 is 2.05 bits per heavy atom. The quantitative estimate of drug-likeness (QED) is 0.720. The lowest BCUT2D eigenvalue weighted by molar-refractivity contribution is 0.431. The normalized spacial score (nSPS) is 11.1. The molecule has 0 bridgehead atoms. The number of nitrogens with zero attached hydrogens (tertiary/aromatic N) is 1. The molecule has 3 aromatic rings. The number of benzene rings is 2. The molecular weight excluding hydrogens is 277 g/mol. The summed E-state index contributed by atoms with van der Waals surface area (Å²) >= 11 is 5.21. The smallest absolute Gasteiger partial charge is 0.269 e. The Morgan fingerprint density at radius 3 is 2.80 bits per heavy atom. The van der Waals surface area contributed by atoms with E-state index in [0.29, 0.717) is 17.0 Å². The highest BCUT2D eigenvalue weighted by Gasteiger charge is 2.09. The first-order valence-corrected chi connectivity index (χ1v) is 6.53. The average Bonchev–Trinajstić information content (AvgIpc) is 2.70. The van der Waals surface area contributed by atoms with E-state index >= 15 is 0 Å². The van der Waals surface area contributed by atoms with Crippen LogP contribution in [0.5, 0.6) is 5.75 Å². The number of phenolic OH excluding ortho intramolecular Hbond substituents is 1. The van der Waals surface area contributed by atoms with Crippen molar-refractivity contribution in [2.24, 2.45) is 0 Å². The molecule has 3 rings (SSSR count). The Hall–Kier alpha value is -2.14. The summed E-state index contributed by atoms with van der Waals surface area (Å²) in [6, 6.07) is 10.1. The van der Waals surface area contributed by atoms with Gasteiger partial charge in [-0.2, -0.15) is 0 Å². The van der Waals surface area contributed by atoms with Crippen LogP contribution in [0.1, 0.15) is 11.1 Å². The highest BCUT2D eigenvalue weighted by atomic mass is 32.1. The minimum Gasteiger partial charge on any atom is -0.505 e. The maximum Gasteiger partial charge on any atom is 0.269 e. The number of aryl methyl sites for hydroxylation is 1. The fourth-order valence-electron chi connectivity index (χ4n) is 2.16. The van der Waals surface area contributed by atoms with Crippen LogP contribution >= 0.6 is 12.2 Å². The minimum atomic E-state index is -0.634. The van der Waals surface area contributed by atoms with E-state index in [9.17, 15) is 9.50 Å². The number of rotatable bonds is 2. The van der Waals surface area contributed by atoms with Crippen molar-refractivity contribution in [3.8, 4) is 5.75 Å². The molecule has 0 spiro atoms. The van der Waals surface area contributed by atoms with Crippen molar-refractivity contribution in [1.29, 1.82) is 0 Å². The minimum absolute atomic E-state index is 0.356. The lowest BCUT2D eigenvalue weighted by Crippen LogP contribution is -1.99. The van der Waals surface area contributed by atoms with Gasteiger partial charge in [0.25, 0.3) is 4.84 Å². The summed E-state index contributed by atoms with van der Waals surface area (Å²) in [4.78, 5) is 0.356. The van der Waals surface area contributed by atoms with Crippen molar-refractivity contribution >= 4 is 23.3 Å². The number of fused-ring (bicyclic) bond motifs is 1. The Bertz CT molecular complexity index is 851. The first-order valence-electron chi connectivity index (χ1n) is 6.12. The largest absolute Gasteiger partial charge is 0.505 e. The molecule has 0 aliphatic carbocycles. The monoisotopic (exact) mass is 289 g/mol. The van der Waals surface area contributed by atoms with Crippen molar-refractivity contribution in [1.82, 2.24) is 4.57 Å². The van der Waals surface area contributed by atoms with Crippen molar-refractivity contribution in [3.05, 3.63) is 58.2 Å². The molecule has 0 saturated carbocycles. The number of hydrogen-bond donors (Lipinski definition) is 1. The van der Waals surface area contributed by atoms with Gasteiger partial charge in [-0.1, -0.05) is 12.1 Å². The Kier molecular flexibility index (Phi) is 3.06. The summed E-state index contributed by atoms with van der Waals surface area (Å²) in [6.45, 7) is 2.41. The number of oxazole rings is 1. The van der Waals surface area contributed by atoms with Crippen LogP contribution in [0.2, 0.25) is 0 Å². The number of halogens is 1. The topological polar surface area (TPSA) is 38.3 Å². The third kappa shape index (κ3) is 2.20. The SMILES string of the molecule is Cc1ccc2oc(=S)n(Cc3ccc(F)c(O)c3)c2c1. The number of hydrogen-bond acceptors (Lipinski definition) is 3. The summed E-state index contributed by atoms with van der Waals surface area (Å²) in [5.41, 5.74) is 3.46. The third-order valence-corrected chi connectivity index (χ3v) is 3.48. The molecule has 0 unspecified atom stereocenters. The molecule has 0 aliphatic heterocycles. The van der Waals surface area contributed by atoms with E-state index in [-0.39, 0.29) is 5.75 Å². The Morgan fingerprint density at radius 1 is 1.25 bits per heavy atom. The zero-order valence-corrected chi connectivity index (χ0v) is 11.6. The van der Waals surface area contributed by atoms with E-state index in [1.807, 2.05) is 29.7 Å². The summed E-state index contributed by atoms with van der Waals surface area (Å²) in [7, 11) is 0. The molecule has 20 heavy (non-hydrogen) atoms. The van der Waals surface area contributed by atoms with E-state index in [4.69, 9.17) is 16.6 Å². The van der Waals surface area contributed by atoms with Gasteiger partial charge in [0.1, 0.15) is 0 Å². The summed E-state index contributed by atoms with van der Waals surface area (Å²) in [5.74, 6) is -0.997. The van der Waals surface area contributed by atoms with Crippen LogP contribution in [0.3, 0.4) is 0 Å². The van der Waals surface area contributed by atoms with Crippen LogP contribution in [0.15, 0.2) is 40.8 Å². The Labute approximate surface area is 119 Å². The number of aromatic hydroxyl groups is 1. The molecule has 0 atom stereocenters. The maximum absolute atomic E-state index is 13.1. The third-order valence-electron chi connectivity index (χ3n) is 3.17. The van der Waals surface area contributed by atoms with E-state index in [2.05, 4.69) is 0 Å². The Balaban J connectivity index is 2.10. The second-order valence-corrected chi connectivity index (χ2v) is 5.06. The summed E-state index contributed by atoms with van der Waals surface area (Å²) in [6.07, 6.45) is 0. The van der Waals surface area contributed by atoms with Crippen LogP contribution in [-0.2, 0) is 6.54 Å². The van der Waals surface area contributed by atoms with E-state index in [0.717, 1.165) is 16.6 Å². The lowest BCUT2D eigenvalue weighted by Gasteiger charge is -2.05.